The van der Waals surface area contributed by atoms with Crippen LogP contribution in [-0.4, -0.2) is 44.0 Å². The number of benzene rings is 1. The first-order valence-corrected chi connectivity index (χ1v) is 5.76. The fourth-order valence-corrected chi connectivity index (χ4v) is 1.61. The van der Waals surface area contributed by atoms with Crippen molar-refractivity contribution >= 4 is 17.6 Å². The summed E-state index contributed by atoms with van der Waals surface area (Å²) >= 11 is 0. The lowest BCUT2D eigenvalue weighted by Gasteiger charge is -2.20. The van der Waals surface area contributed by atoms with E-state index in [1.54, 1.807) is 19.2 Å². The van der Waals surface area contributed by atoms with Crippen molar-refractivity contribution < 1.29 is 14.3 Å². The van der Waals surface area contributed by atoms with E-state index in [-0.39, 0.29) is 12.5 Å². The first-order chi connectivity index (χ1) is 8.63. The third-order valence-corrected chi connectivity index (χ3v) is 2.64. The molecule has 0 radical (unpaired) electrons. The van der Waals surface area contributed by atoms with Crippen molar-refractivity contribution in [3.8, 4) is 0 Å². The minimum atomic E-state index is -0.424. The Hall–Kier alpha value is -2.04. The molecule has 0 saturated heterocycles. The van der Waals surface area contributed by atoms with Gasteiger partial charge in [-0.3, -0.25) is 9.59 Å². The second kappa shape index (κ2) is 6.64. The third kappa shape index (κ3) is 3.23. The van der Waals surface area contributed by atoms with Crippen LogP contribution in [0.4, 0.5) is 5.69 Å². The molecule has 0 unspecified atom stereocenters. The van der Waals surface area contributed by atoms with Crippen molar-refractivity contribution in [1.29, 1.82) is 0 Å². The summed E-state index contributed by atoms with van der Waals surface area (Å²) in [5.74, 6) is -0.611. The van der Waals surface area contributed by atoms with Gasteiger partial charge < -0.3 is 15.0 Å². The highest BCUT2D eigenvalue weighted by atomic mass is 16.5. The molecule has 0 aliphatic rings. The SMILES string of the molecule is CCN(CC(=O)OC)C(=O)c1ccccc1NC. The van der Waals surface area contributed by atoms with Gasteiger partial charge in [0, 0.05) is 19.3 Å². The molecule has 0 atom stereocenters. The Morgan fingerprint density at radius 2 is 2.00 bits per heavy atom. The van der Waals surface area contributed by atoms with E-state index < -0.39 is 5.97 Å². The van der Waals surface area contributed by atoms with E-state index in [0.717, 1.165) is 5.69 Å². The molecule has 0 bridgehead atoms. The van der Waals surface area contributed by atoms with Gasteiger partial charge in [0.15, 0.2) is 0 Å². The Morgan fingerprint density at radius 1 is 1.33 bits per heavy atom. The summed E-state index contributed by atoms with van der Waals surface area (Å²) in [5.41, 5.74) is 1.29. The molecule has 1 rings (SSSR count). The first-order valence-electron chi connectivity index (χ1n) is 5.76. The number of hydrogen-bond acceptors (Lipinski definition) is 4. The fraction of sp³-hybridized carbons (Fsp3) is 0.385. The predicted molar refractivity (Wildman–Crippen MR) is 69.6 cm³/mol. The lowest BCUT2D eigenvalue weighted by atomic mass is 10.1. The summed E-state index contributed by atoms with van der Waals surface area (Å²) < 4.78 is 4.58. The number of amides is 1. The molecule has 0 heterocycles. The van der Waals surface area contributed by atoms with Crippen LogP contribution in [0.25, 0.3) is 0 Å². The summed E-state index contributed by atoms with van der Waals surface area (Å²) in [6.45, 7) is 2.23. The lowest BCUT2D eigenvalue weighted by Crippen LogP contribution is -2.36. The van der Waals surface area contributed by atoms with Crippen LogP contribution in [0.2, 0.25) is 0 Å². The van der Waals surface area contributed by atoms with Gasteiger partial charge in [0.2, 0.25) is 0 Å². The van der Waals surface area contributed by atoms with E-state index in [2.05, 4.69) is 10.1 Å². The number of nitrogens with zero attached hydrogens (tertiary/aromatic N) is 1. The monoisotopic (exact) mass is 250 g/mol. The Kier molecular flexibility index (Phi) is 5.17. The molecule has 0 aliphatic heterocycles. The summed E-state index contributed by atoms with van der Waals surface area (Å²) in [6.07, 6.45) is 0. The minimum absolute atomic E-state index is 0.0378. The van der Waals surface area contributed by atoms with Gasteiger partial charge in [0.05, 0.1) is 12.7 Å². The number of carbonyl (C=O) groups is 2. The standard InChI is InChI=1S/C13H18N2O3/c1-4-15(9-12(16)18-3)13(17)10-7-5-6-8-11(10)14-2/h5-8,14H,4,9H2,1-3H3. The molecule has 98 valence electrons. The van der Waals surface area contributed by atoms with Gasteiger partial charge in [0.25, 0.3) is 5.91 Å². The number of rotatable bonds is 5. The average Bonchev–Trinajstić information content (AvgIpc) is 2.43. The molecular formula is C13H18N2O3. The molecule has 1 amide bonds. The van der Waals surface area contributed by atoms with Crippen LogP contribution in [0.3, 0.4) is 0 Å². The summed E-state index contributed by atoms with van der Waals surface area (Å²) in [6, 6.07) is 7.19. The van der Waals surface area contributed by atoms with Crippen molar-refractivity contribution in [2.24, 2.45) is 0 Å². The summed E-state index contributed by atoms with van der Waals surface area (Å²) in [4.78, 5) is 25.0. The maximum Gasteiger partial charge on any atom is 0.325 e. The molecular weight excluding hydrogens is 232 g/mol. The smallest absolute Gasteiger partial charge is 0.325 e. The minimum Gasteiger partial charge on any atom is -0.468 e. The van der Waals surface area contributed by atoms with E-state index >= 15 is 0 Å². The van der Waals surface area contributed by atoms with E-state index in [1.165, 1.54) is 12.0 Å². The topological polar surface area (TPSA) is 58.6 Å². The first kappa shape index (κ1) is 14.0. The summed E-state index contributed by atoms with van der Waals surface area (Å²) in [5, 5.41) is 2.96. The van der Waals surface area contributed by atoms with Gasteiger partial charge in [-0.2, -0.15) is 0 Å². The van der Waals surface area contributed by atoms with Gasteiger partial charge in [-0.1, -0.05) is 12.1 Å². The Balaban J connectivity index is 2.92. The van der Waals surface area contributed by atoms with E-state index in [9.17, 15) is 9.59 Å². The van der Waals surface area contributed by atoms with Crippen molar-refractivity contribution in [1.82, 2.24) is 4.90 Å². The second-order valence-electron chi connectivity index (χ2n) is 3.69. The molecule has 1 N–H and O–H groups in total. The normalized spacial score (nSPS) is 9.72. The molecule has 1 aromatic rings. The Morgan fingerprint density at radius 3 is 2.56 bits per heavy atom. The number of anilines is 1. The lowest BCUT2D eigenvalue weighted by molar-refractivity contribution is -0.141. The highest BCUT2D eigenvalue weighted by molar-refractivity contribution is 6.00. The van der Waals surface area contributed by atoms with E-state index in [1.807, 2.05) is 19.1 Å². The molecule has 0 aliphatic carbocycles. The number of likely N-dealkylation sites (N-methyl/N-ethyl adjacent to an activating group) is 1. The number of ether oxygens (including phenoxy) is 1. The van der Waals surface area contributed by atoms with Gasteiger partial charge in [-0.25, -0.2) is 0 Å². The second-order valence-corrected chi connectivity index (χ2v) is 3.69. The zero-order valence-electron chi connectivity index (χ0n) is 10.9. The highest BCUT2D eigenvalue weighted by Gasteiger charge is 2.19. The van der Waals surface area contributed by atoms with Crippen LogP contribution in [0.1, 0.15) is 17.3 Å². The molecule has 0 fully saturated rings. The molecule has 0 spiro atoms. The van der Waals surface area contributed by atoms with Crippen LogP contribution < -0.4 is 5.32 Å². The molecule has 1 aromatic carbocycles. The number of nitrogens with one attached hydrogen (secondary N) is 1. The average molecular weight is 250 g/mol. The zero-order valence-corrected chi connectivity index (χ0v) is 10.9. The highest BCUT2D eigenvalue weighted by Crippen LogP contribution is 2.16. The predicted octanol–water partition coefficient (Wildman–Crippen LogP) is 1.36. The van der Waals surface area contributed by atoms with Gasteiger partial charge in [-0.05, 0) is 19.1 Å². The number of para-hydroxylation sites is 1. The van der Waals surface area contributed by atoms with Gasteiger partial charge in [-0.15, -0.1) is 0 Å². The number of esters is 1. The van der Waals surface area contributed by atoms with Crippen molar-refractivity contribution in [3.05, 3.63) is 29.8 Å². The van der Waals surface area contributed by atoms with Crippen LogP contribution in [0.15, 0.2) is 24.3 Å². The molecule has 18 heavy (non-hydrogen) atoms. The Labute approximate surface area is 107 Å². The third-order valence-electron chi connectivity index (χ3n) is 2.64. The van der Waals surface area contributed by atoms with E-state index in [4.69, 9.17) is 0 Å². The summed E-state index contributed by atoms with van der Waals surface area (Å²) in [7, 11) is 3.06. The molecule has 0 aromatic heterocycles. The number of methoxy groups -OCH3 is 1. The quantitative estimate of drug-likeness (QED) is 0.802. The maximum absolute atomic E-state index is 12.3. The van der Waals surface area contributed by atoms with Crippen molar-refractivity contribution in [2.45, 2.75) is 6.92 Å². The van der Waals surface area contributed by atoms with Crippen LogP contribution in [0, 0.1) is 0 Å². The number of hydrogen-bond donors (Lipinski definition) is 1. The van der Waals surface area contributed by atoms with Crippen molar-refractivity contribution in [2.75, 3.05) is 32.6 Å². The number of carbonyl (C=O) groups excluding carboxylic acids is 2. The van der Waals surface area contributed by atoms with Crippen molar-refractivity contribution in [3.63, 3.8) is 0 Å². The van der Waals surface area contributed by atoms with Crippen LogP contribution in [-0.2, 0) is 9.53 Å². The fourth-order valence-electron chi connectivity index (χ4n) is 1.61. The Bertz CT molecular complexity index is 432. The van der Waals surface area contributed by atoms with E-state index in [0.29, 0.717) is 12.1 Å². The molecule has 0 saturated carbocycles. The zero-order chi connectivity index (χ0) is 13.5. The van der Waals surface area contributed by atoms with Gasteiger partial charge in [0.1, 0.15) is 6.54 Å². The molecule has 5 nitrogen and oxygen atoms in total. The van der Waals surface area contributed by atoms with Crippen LogP contribution in [0.5, 0.6) is 0 Å². The van der Waals surface area contributed by atoms with Gasteiger partial charge >= 0.3 is 5.97 Å². The molecule has 5 heteroatoms. The largest absolute Gasteiger partial charge is 0.468 e. The van der Waals surface area contributed by atoms with Crippen LogP contribution >= 0.6 is 0 Å². The maximum atomic E-state index is 12.3.